The number of aryl methyl sites for hydroxylation is 1. The summed E-state index contributed by atoms with van der Waals surface area (Å²) in [4.78, 5) is 4.31. The van der Waals surface area contributed by atoms with Crippen LogP contribution in [0.15, 0.2) is 47.6 Å². The van der Waals surface area contributed by atoms with Gasteiger partial charge in [0.05, 0.1) is 19.8 Å². The molecular weight excluding hydrogens is 368 g/mol. The number of hydrogen-bond acceptors (Lipinski definition) is 5. The van der Waals surface area contributed by atoms with Gasteiger partial charge in [-0.25, -0.2) is 0 Å². The monoisotopic (exact) mass is 394 g/mol. The van der Waals surface area contributed by atoms with Gasteiger partial charge < -0.3 is 20.1 Å². The van der Waals surface area contributed by atoms with E-state index in [1.54, 1.807) is 7.05 Å². The molecule has 8 nitrogen and oxygen atoms in total. The average Bonchev–Trinajstić information content (AvgIpc) is 3.39. The van der Waals surface area contributed by atoms with Crippen molar-refractivity contribution < 1.29 is 9.47 Å². The average molecular weight is 394 g/mol. The summed E-state index contributed by atoms with van der Waals surface area (Å²) in [6.45, 7) is 4.60. The normalized spacial score (nSPS) is 16.9. The van der Waals surface area contributed by atoms with Gasteiger partial charge in [-0.15, -0.1) is 10.2 Å². The van der Waals surface area contributed by atoms with Crippen LogP contribution in [-0.4, -0.2) is 46.9 Å². The maximum Gasteiger partial charge on any atom is 0.191 e. The number of benzene rings is 1. The summed E-state index contributed by atoms with van der Waals surface area (Å²) in [5.74, 6) is 2.41. The second-order valence-corrected chi connectivity index (χ2v) is 7.04. The summed E-state index contributed by atoms with van der Waals surface area (Å²) in [5.41, 5.74) is 3.08. The standard InChI is InChI=1S/C21H26N6O2/c1-15-6-7-16(18(11-15)29-17-8-10-28-14-17)12-23-21(22-2)24-13-20-26-25-19-5-3-4-9-27(19)20/h3-7,9,11,17H,8,10,12-14H2,1-2H3,(H2,22,23,24). The van der Waals surface area contributed by atoms with E-state index in [2.05, 4.69) is 50.9 Å². The van der Waals surface area contributed by atoms with Crippen molar-refractivity contribution in [2.75, 3.05) is 20.3 Å². The zero-order chi connectivity index (χ0) is 20.1. The van der Waals surface area contributed by atoms with Crippen LogP contribution in [-0.2, 0) is 17.8 Å². The van der Waals surface area contributed by atoms with E-state index >= 15 is 0 Å². The van der Waals surface area contributed by atoms with Crippen LogP contribution in [0.3, 0.4) is 0 Å². The molecule has 1 aliphatic heterocycles. The summed E-state index contributed by atoms with van der Waals surface area (Å²) in [6, 6.07) is 12.1. The SMILES string of the molecule is CN=C(NCc1ccc(C)cc1OC1CCOC1)NCc1nnc2ccccn12. The van der Waals surface area contributed by atoms with E-state index in [4.69, 9.17) is 9.47 Å². The molecule has 0 amide bonds. The number of fused-ring (bicyclic) bond motifs is 1. The lowest BCUT2D eigenvalue weighted by Gasteiger charge is -2.18. The minimum atomic E-state index is 0.120. The smallest absolute Gasteiger partial charge is 0.191 e. The Balaban J connectivity index is 1.38. The fourth-order valence-corrected chi connectivity index (χ4v) is 3.28. The first kappa shape index (κ1) is 19.2. The third-order valence-corrected chi connectivity index (χ3v) is 4.87. The summed E-state index contributed by atoms with van der Waals surface area (Å²) in [7, 11) is 1.75. The topological polar surface area (TPSA) is 85.1 Å². The first-order chi connectivity index (χ1) is 14.2. The Kier molecular flexibility index (Phi) is 5.90. The lowest BCUT2D eigenvalue weighted by molar-refractivity contribution is 0.140. The Morgan fingerprint density at radius 2 is 2.14 bits per heavy atom. The molecule has 0 radical (unpaired) electrons. The summed E-state index contributed by atoms with van der Waals surface area (Å²) in [5, 5.41) is 15.1. The van der Waals surface area contributed by atoms with Crippen LogP contribution in [0.4, 0.5) is 0 Å². The second-order valence-electron chi connectivity index (χ2n) is 7.04. The molecule has 0 aliphatic carbocycles. The molecule has 29 heavy (non-hydrogen) atoms. The van der Waals surface area contributed by atoms with Gasteiger partial charge in [-0.3, -0.25) is 9.39 Å². The predicted molar refractivity (Wildman–Crippen MR) is 111 cm³/mol. The number of nitrogens with zero attached hydrogens (tertiary/aromatic N) is 4. The van der Waals surface area contributed by atoms with Gasteiger partial charge in [0, 0.05) is 31.8 Å². The third kappa shape index (κ3) is 4.65. The van der Waals surface area contributed by atoms with Crippen molar-refractivity contribution in [3.05, 3.63) is 59.5 Å². The number of ether oxygens (including phenoxy) is 2. The fourth-order valence-electron chi connectivity index (χ4n) is 3.28. The lowest BCUT2D eigenvalue weighted by atomic mass is 10.1. The van der Waals surface area contributed by atoms with E-state index in [-0.39, 0.29) is 6.10 Å². The Morgan fingerprint density at radius 3 is 2.97 bits per heavy atom. The summed E-state index contributed by atoms with van der Waals surface area (Å²) in [6.07, 6.45) is 3.00. The van der Waals surface area contributed by atoms with Crippen molar-refractivity contribution in [1.29, 1.82) is 0 Å². The molecule has 152 valence electrons. The van der Waals surface area contributed by atoms with E-state index in [9.17, 15) is 0 Å². The molecule has 8 heteroatoms. The molecule has 1 aliphatic rings. The number of rotatable bonds is 6. The molecule has 3 aromatic rings. The van der Waals surface area contributed by atoms with E-state index in [0.717, 1.165) is 35.8 Å². The highest BCUT2D eigenvalue weighted by Crippen LogP contribution is 2.23. The van der Waals surface area contributed by atoms with Crippen molar-refractivity contribution in [1.82, 2.24) is 25.2 Å². The Morgan fingerprint density at radius 1 is 1.24 bits per heavy atom. The van der Waals surface area contributed by atoms with Crippen LogP contribution in [0, 0.1) is 6.92 Å². The van der Waals surface area contributed by atoms with E-state index in [1.165, 1.54) is 5.56 Å². The van der Waals surface area contributed by atoms with Crippen molar-refractivity contribution in [2.45, 2.75) is 32.5 Å². The minimum Gasteiger partial charge on any atom is -0.488 e. The van der Waals surface area contributed by atoms with Gasteiger partial charge >= 0.3 is 0 Å². The Hall–Kier alpha value is -3.13. The van der Waals surface area contributed by atoms with E-state index in [1.807, 2.05) is 28.8 Å². The molecule has 1 fully saturated rings. The fraction of sp³-hybridized carbons (Fsp3) is 0.381. The van der Waals surface area contributed by atoms with Crippen LogP contribution >= 0.6 is 0 Å². The van der Waals surface area contributed by atoms with Crippen LogP contribution in [0.25, 0.3) is 5.65 Å². The predicted octanol–water partition coefficient (Wildman–Crippen LogP) is 2.07. The van der Waals surface area contributed by atoms with Crippen LogP contribution < -0.4 is 15.4 Å². The number of pyridine rings is 1. The van der Waals surface area contributed by atoms with Gasteiger partial charge in [0.2, 0.25) is 0 Å². The molecular formula is C21H26N6O2. The van der Waals surface area contributed by atoms with Gasteiger partial charge in [0.15, 0.2) is 17.4 Å². The highest BCUT2D eigenvalue weighted by molar-refractivity contribution is 5.79. The molecule has 1 saturated heterocycles. The zero-order valence-corrected chi connectivity index (χ0v) is 16.8. The number of aliphatic imine (C=N–C) groups is 1. The first-order valence-corrected chi connectivity index (χ1v) is 9.80. The van der Waals surface area contributed by atoms with E-state index in [0.29, 0.717) is 25.7 Å². The maximum absolute atomic E-state index is 6.17. The molecule has 1 atom stereocenters. The summed E-state index contributed by atoms with van der Waals surface area (Å²) >= 11 is 0. The van der Waals surface area contributed by atoms with Gasteiger partial charge in [-0.05, 0) is 30.7 Å². The van der Waals surface area contributed by atoms with Crippen LogP contribution in [0.5, 0.6) is 5.75 Å². The number of guanidine groups is 1. The maximum atomic E-state index is 6.17. The summed E-state index contributed by atoms with van der Waals surface area (Å²) < 4.78 is 13.6. The number of nitrogens with one attached hydrogen (secondary N) is 2. The molecule has 1 unspecified atom stereocenters. The highest BCUT2D eigenvalue weighted by Gasteiger charge is 2.18. The molecule has 2 aromatic heterocycles. The first-order valence-electron chi connectivity index (χ1n) is 9.80. The zero-order valence-electron chi connectivity index (χ0n) is 16.8. The van der Waals surface area contributed by atoms with Gasteiger partial charge in [0.25, 0.3) is 0 Å². The van der Waals surface area contributed by atoms with Gasteiger partial charge in [0.1, 0.15) is 11.9 Å². The third-order valence-electron chi connectivity index (χ3n) is 4.87. The number of aromatic nitrogens is 3. The molecule has 4 rings (SSSR count). The molecule has 0 bridgehead atoms. The molecule has 0 spiro atoms. The van der Waals surface area contributed by atoms with Crippen molar-refractivity contribution in [3.8, 4) is 5.75 Å². The lowest BCUT2D eigenvalue weighted by Crippen LogP contribution is -2.37. The highest BCUT2D eigenvalue weighted by atomic mass is 16.5. The second kappa shape index (κ2) is 8.91. The van der Waals surface area contributed by atoms with Crippen molar-refractivity contribution in [3.63, 3.8) is 0 Å². The number of hydrogen-bond donors (Lipinski definition) is 2. The molecule has 0 saturated carbocycles. The molecule has 3 heterocycles. The van der Waals surface area contributed by atoms with Gasteiger partial charge in [-0.2, -0.15) is 0 Å². The van der Waals surface area contributed by atoms with Crippen molar-refractivity contribution >= 4 is 11.6 Å². The minimum absolute atomic E-state index is 0.120. The van der Waals surface area contributed by atoms with Crippen LogP contribution in [0.2, 0.25) is 0 Å². The van der Waals surface area contributed by atoms with E-state index < -0.39 is 0 Å². The van der Waals surface area contributed by atoms with Crippen LogP contribution in [0.1, 0.15) is 23.4 Å². The Bertz CT molecular complexity index is 994. The molecule has 1 aromatic carbocycles. The van der Waals surface area contributed by atoms with Gasteiger partial charge in [-0.1, -0.05) is 18.2 Å². The van der Waals surface area contributed by atoms with Crippen molar-refractivity contribution in [2.24, 2.45) is 4.99 Å². The quantitative estimate of drug-likeness (QED) is 0.492. The molecule has 2 N–H and O–H groups in total. The Labute approximate surface area is 170 Å². The largest absolute Gasteiger partial charge is 0.488 e.